The third kappa shape index (κ3) is 5.11. The van der Waals surface area contributed by atoms with Crippen molar-refractivity contribution in [2.75, 3.05) is 31.1 Å². The minimum Gasteiger partial charge on any atom is -0.406 e. The Labute approximate surface area is 166 Å². The fraction of sp³-hybridized carbons (Fsp3) is 0.375. The first kappa shape index (κ1) is 22.1. The molecule has 164 valence electrons. The van der Waals surface area contributed by atoms with Crippen LogP contribution in [0.2, 0.25) is 0 Å². The van der Waals surface area contributed by atoms with Gasteiger partial charge in [0.2, 0.25) is 16.0 Å². The van der Waals surface area contributed by atoms with E-state index in [1.54, 1.807) is 0 Å². The van der Waals surface area contributed by atoms with Crippen molar-refractivity contribution in [3.05, 3.63) is 42.2 Å². The SMILES string of the molecule is O=S(=O)(c1ccc(OC(F)(F)F)cc1)N1CCN(c2nccc(C(F)(F)F)n2)CC1. The average molecular weight is 456 g/mol. The number of anilines is 1. The molecule has 0 spiro atoms. The number of sulfonamides is 1. The molecule has 1 aliphatic heterocycles. The highest BCUT2D eigenvalue weighted by Gasteiger charge is 2.35. The van der Waals surface area contributed by atoms with Crippen molar-refractivity contribution in [3.63, 3.8) is 0 Å². The first-order valence-corrected chi connectivity index (χ1v) is 9.81. The highest BCUT2D eigenvalue weighted by Crippen LogP contribution is 2.29. The van der Waals surface area contributed by atoms with Gasteiger partial charge in [-0.25, -0.2) is 18.4 Å². The second-order valence-electron chi connectivity index (χ2n) is 6.15. The molecule has 0 unspecified atom stereocenters. The standard InChI is InChI=1S/C16H14F6N4O3S/c17-15(18,19)13-5-6-23-14(24-13)25-7-9-26(10-8-25)30(27,28)12-3-1-11(2-4-12)29-16(20,21)22/h1-6H,7-10H2. The zero-order valence-electron chi connectivity index (χ0n) is 15.0. The lowest BCUT2D eigenvalue weighted by molar-refractivity contribution is -0.274. The molecule has 30 heavy (non-hydrogen) atoms. The Balaban J connectivity index is 1.68. The Morgan fingerprint density at radius 3 is 2.03 bits per heavy atom. The summed E-state index contributed by atoms with van der Waals surface area (Å²) in [5.41, 5.74) is -1.11. The van der Waals surface area contributed by atoms with Crippen LogP contribution in [0.4, 0.5) is 32.3 Å². The van der Waals surface area contributed by atoms with Gasteiger partial charge < -0.3 is 9.64 Å². The van der Waals surface area contributed by atoms with Gasteiger partial charge in [-0.2, -0.15) is 17.5 Å². The Hall–Kier alpha value is -2.61. The molecule has 0 aliphatic carbocycles. The number of rotatable bonds is 4. The molecule has 7 nitrogen and oxygen atoms in total. The van der Waals surface area contributed by atoms with E-state index in [1.165, 1.54) is 4.90 Å². The normalized spacial score (nSPS) is 16.5. The molecule has 1 fully saturated rings. The molecule has 1 aromatic heterocycles. The second-order valence-corrected chi connectivity index (χ2v) is 8.09. The van der Waals surface area contributed by atoms with Crippen molar-refractivity contribution in [1.29, 1.82) is 0 Å². The van der Waals surface area contributed by atoms with Gasteiger partial charge in [0, 0.05) is 32.4 Å². The van der Waals surface area contributed by atoms with Crippen molar-refractivity contribution in [2.45, 2.75) is 17.4 Å². The van der Waals surface area contributed by atoms with Gasteiger partial charge in [0.1, 0.15) is 11.4 Å². The highest BCUT2D eigenvalue weighted by atomic mass is 32.2. The van der Waals surface area contributed by atoms with E-state index in [0.29, 0.717) is 0 Å². The van der Waals surface area contributed by atoms with Gasteiger partial charge in [-0.15, -0.1) is 13.2 Å². The van der Waals surface area contributed by atoms with Crippen LogP contribution in [0.5, 0.6) is 5.75 Å². The monoisotopic (exact) mass is 456 g/mol. The largest absolute Gasteiger partial charge is 0.573 e. The van der Waals surface area contributed by atoms with Crippen LogP contribution in [0.1, 0.15) is 5.69 Å². The number of alkyl halides is 6. The smallest absolute Gasteiger partial charge is 0.406 e. The summed E-state index contributed by atoms with van der Waals surface area (Å²) in [6.07, 6.45) is -8.56. The molecule has 1 aromatic carbocycles. The molecular weight excluding hydrogens is 442 g/mol. The number of benzene rings is 1. The van der Waals surface area contributed by atoms with E-state index >= 15 is 0 Å². The Kier molecular flexibility index (Phi) is 5.82. The minimum atomic E-state index is -4.90. The molecule has 14 heteroatoms. The van der Waals surface area contributed by atoms with Gasteiger partial charge in [0.25, 0.3) is 0 Å². The topological polar surface area (TPSA) is 75.6 Å². The first-order chi connectivity index (χ1) is 13.9. The van der Waals surface area contributed by atoms with Crippen LogP contribution >= 0.6 is 0 Å². The van der Waals surface area contributed by atoms with Crippen LogP contribution in [0, 0.1) is 0 Å². The maximum Gasteiger partial charge on any atom is 0.573 e. The minimum absolute atomic E-state index is 0.0375. The van der Waals surface area contributed by atoms with E-state index in [2.05, 4.69) is 14.7 Å². The first-order valence-electron chi connectivity index (χ1n) is 8.37. The summed E-state index contributed by atoms with van der Waals surface area (Å²) in [5, 5.41) is 0. The third-order valence-electron chi connectivity index (χ3n) is 4.15. The van der Waals surface area contributed by atoms with Crippen LogP contribution in [0.15, 0.2) is 41.4 Å². The molecule has 0 radical (unpaired) electrons. The van der Waals surface area contributed by atoms with E-state index in [1.807, 2.05) is 0 Å². The van der Waals surface area contributed by atoms with Crippen molar-refractivity contribution in [1.82, 2.24) is 14.3 Å². The fourth-order valence-corrected chi connectivity index (χ4v) is 4.17. The van der Waals surface area contributed by atoms with Crippen molar-refractivity contribution in [2.24, 2.45) is 0 Å². The molecular formula is C16H14F6N4O3S. The van der Waals surface area contributed by atoms with Gasteiger partial charge in [-0.3, -0.25) is 0 Å². The molecule has 0 saturated carbocycles. The summed E-state index contributed by atoms with van der Waals surface area (Å²) in [7, 11) is -4.01. The summed E-state index contributed by atoms with van der Waals surface area (Å²) >= 11 is 0. The quantitative estimate of drug-likeness (QED) is 0.659. The lowest BCUT2D eigenvalue weighted by Crippen LogP contribution is -2.49. The van der Waals surface area contributed by atoms with Crippen LogP contribution in [-0.2, 0) is 16.2 Å². The number of hydrogen-bond donors (Lipinski definition) is 0. The van der Waals surface area contributed by atoms with E-state index < -0.39 is 34.0 Å². The second kappa shape index (κ2) is 7.91. The predicted octanol–water partition coefficient (Wildman–Crippen LogP) is 2.90. The number of piperazine rings is 1. The van der Waals surface area contributed by atoms with E-state index in [0.717, 1.165) is 40.8 Å². The zero-order valence-corrected chi connectivity index (χ0v) is 15.8. The molecule has 2 heterocycles. The van der Waals surface area contributed by atoms with Crippen LogP contribution < -0.4 is 9.64 Å². The van der Waals surface area contributed by atoms with Crippen LogP contribution in [0.3, 0.4) is 0 Å². The third-order valence-corrected chi connectivity index (χ3v) is 6.06. The Morgan fingerprint density at radius 1 is 0.900 bits per heavy atom. The van der Waals surface area contributed by atoms with Crippen molar-refractivity contribution >= 4 is 16.0 Å². The average Bonchev–Trinajstić information content (AvgIpc) is 2.67. The molecule has 0 bridgehead atoms. The molecule has 0 atom stereocenters. The number of ether oxygens (including phenoxy) is 1. The predicted molar refractivity (Wildman–Crippen MR) is 91.1 cm³/mol. The number of halogens is 6. The summed E-state index contributed by atoms with van der Waals surface area (Å²) in [6.45, 7) is -0.0584. The van der Waals surface area contributed by atoms with E-state index in [-0.39, 0.29) is 37.0 Å². The van der Waals surface area contributed by atoms with Crippen molar-refractivity contribution < 1.29 is 39.5 Å². The Morgan fingerprint density at radius 2 is 1.50 bits per heavy atom. The Bertz CT molecular complexity index is 987. The lowest BCUT2D eigenvalue weighted by atomic mass is 10.3. The molecule has 2 aromatic rings. The summed E-state index contributed by atoms with van der Waals surface area (Å²) in [6, 6.07) is 4.47. The van der Waals surface area contributed by atoms with E-state index in [4.69, 9.17) is 0 Å². The molecule has 0 amide bonds. The molecule has 1 saturated heterocycles. The van der Waals surface area contributed by atoms with Gasteiger partial charge in [-0.1, -0.05) is 0 Å². The molecule has 3 rings (SSSR count). The van der Waals surface area contributed by atoms with E-state index in [9.17, 15) is 34.8 Å². The van der Waals surface area contributed by atoms with Crippen LogP contribution in [-0.4, -0.2) is 55.2 Å². The van der Waals surface area contributed by atoms with Crippen molar-refractivity contribution in [3.8, 4) is 5.75 Å². The molecule has 1 aliphatic rings. The molecule has 0 N–H and O–H groups in total. The van der Waals surface area contributed by atoms with Crippen LogP contribution in [0.25, 0.3) is 0 Å². The maximum absolute atomic E-state index is 12.8. The summed E-state index contributed by atoms with van der Waals surface area (Å²) < 4.78 is 105. The number of aromatic nitrogens is 2. The summed E-state index contributed by atoms with van der Waals surface area (Å²) in [5.74, 6) is -0.733. The lowest BCUT2D eigenvalue weighted by Gasteiger charge is -2.34. The summed E-state index contributed by atoms with van der Waals surface area (Å²) in [4.78, 5) is 8.45. The van der Waals surface area contributed by atoms with Gasteiger partial charge in [0.05, 0.1) is 4.90 Å². The number of hydrogen-bond acceptors (Lipinski definition) is 6. The zero-order chi connectivity index (χ0) is 22.2. The van der Waals surface area contributed by atoms with Gasteiger partial charge >= 0.3 is 12.5 Å². The van der Waals surface area contributed by atoms with Gasteiger partial charge in [0.15, 0.2) is 0 Å². The maximum atomic E-state index is 12.8. The number of nitrogens with zero attached hydrogens (tertiary/aromatic N) is 4. The van der Waals surface area contributed by atoms with Gasteiger partial charge in [-0.05, 0) is 30.3 Å². The highest BCUT2D eigenvalue weighted by molar-refractivity contribution is 7.89. The fourth-order valence-electron chi connectivity index (χ4n) is 2.75.